The van der Waals surface area contributed by atoms with Crippen LogP contribution in [0.15, 0.2) is 40.9 Å². The SMILES string of the molecule is Cc1ccc(S(=O)(=O)OCCC2=CN(C(=O)OC(C)(C)C)CCC2)cc1. The number of hydrogen-bond acceptors (Lipinski definition) is 5. The second kappa shape index (κ2) is 8.22. The number of benzene rings is 1. The molecular formula is C19H27NO5S. The first-order chi connectivity index (χ1) is 12.1. The lowest BCUT2D eigenvalue weighted by Gasteiger charge is -2.28. The molecule has 1 aliphatic rings. The topological polar surface area (TPSA) is 72.9 Å². The summed E-state index contributed by atoms with van der Waals surface area (Å²) in [6.45, 7) is 8.00. The molecule has 144 valence electrons. The van der Waals surface area contributed by atoms with Gasteiger partial charge in [0.25, 0.3) is 10.1 Å². The minimum Gasteiger partial charge on any atom is -0.443 e. The van der Waals surface area contributed by atoms with Gasteiger partial charge >= 0.3 is 6.09 Å². The van der Waals surface area contributed by atoms with Gasteiger partial charge in [-0.1, -0.05) is 23.3 Å². The molecule has 0 spiro atoms. The second-order valence-electron chi connectivity index (χ2n) is 7.40. The number of carbonyl (C=O) groups is 1. The van der Waals surface area contributed by atoms with E-state index in [2.05, 4.69) is 0 Å². The second-order valence-corrected chi connectivity index (χ2v) is 9.02. The molecule has 0 N–H and O–H groups in total. The number of amides is 1. The molecule has 26 heavy (non-hydrogen) atoms. The van der Waals surface area contributed by atoms with Crippen molar-refractivity contribution in [1.29, 1.82) is 0 Å². The van der Waals surface area contributed by atoms with Crippen molar-refractivity contribution >= 4 is 16.2 Å². The van der Waals surface area contributed by atoms with Gasteiger partial charge in [-0.2, -0.15) is 8.42 Å². The van der Waals surface area contributed by atoms with E-state index in [0.717, 1.165) is 24.0 Å². The fraction of sp³-hybridized carbons (Fsp3) is 0.526. The van der Waals surface area contributed by atoms with E-state index in [-0.39, 0.29) is 17.6 Å². The zero-order valence-electron chi connectivity index (χ0n) is 15.8. The molecule has 1 aliphatic heterocycles. The summed E-state index contributed by atoms with van der Waals surface area (Å²) in [6.07, 6.45) is 3.44. The van der Waals surface area contributed by atoms with E-state index in [1.807, 2.05) is 27.7 Å². The van der Waals surface area contributed by atoms with Crippen LogP contribution in [0.5, 0.6) is 0 Å². The number of hydrogen-bond donors (Lipinski definition) is 0. The Morgan fingerprint density at radius 2 is 1.85 bits per heavy atom. The van der Waals surface area contributed by atoms with Crippen LogP contribution in [-0.2, 0) is 19.0 Å². The molecule has 0 radical (unpaired) electrons. The minimum absolute atomic E-state index is 0.0458. The molecule has 2 rings (SSSR count). The predicted molar refractivity (Wildman–Crippen MR) is 99.2 cm³/mol. The smallest absolute Gasteiger partial charge is 0.414 e. The van der Waals surface area contributed by atoms with Gasteiger partial charge in [0.15, 0.2) is 0 Å². The Hall–Kier alpha value is -1.86. The molecule has 0 aliphatic carbocycles. The molecule has 7 heteroatoms. The van der Waals surface area contributed by atoms with Crippen molar-refractivity contribution in [2.45, 2.75) is 57.5 Å². The van der Waals surface area contributed by atoms with Gasteiger partial charge < -0.3 is 4.74 Å². The van der Waals surface area contributed by atoms with Crippen molar-refractivity contribution in [3.8, 4) is 0 Å². The number of rotatable bonds is 5. The number of aryl methyl sites for hydroxylation is 1. The highest BCUT2D eigenvalue weighted by Crippen LogP contribution is 2.21. The zero-order chi connectivity index (χ0) is 19.4. The van der Waals surface area contributed by atoms with Gasteiger partial charge in [-0.15, -0.1) is 0 Å². The number of carbonyl (C=O) groups excluding carboxylic acids is 1. The summed E-state index contributed by atoms with van der Waals surface area (Å²) in [6, 6.07) is 6.54. The van der Waals surface area contributed by atoms with Gasteiger partial charge in [0.2, 0.25) is 0 Å². The summed E-state index contributed by atoms with van der Waals surface area (Å²) in [4.78, 5) is 13.8. The van der Waals surface area contributed by atoms with Crippen molar-refractivity contribution in [2.75, 3.05) is 13.2 Å². The predicted octanol–water partition coefficient (Wildman–Crippen LogP) is 4.01. The minimum atomic E-state index is -3.76. The van der Waals surface area contributed by atoms with Crippen LogP contribution in [0.4, 0.5) is 4.79 Å². The first-order valence-corrected chi connectivity index (χ1v) is 10.1. The molecule has 6 nitrogen and oxygen atoms in total. The first kappa shape index (κ1) is 20.5. The van der Waals surface area contributed by atoms with Crippen LogP contribution in [-0.4, -0.2) is 38.2 Å². The highest BCUT2D eigenvalue weighted by Gasteiger charge is 2.23. The van der Waals surface area contributed by atoms with Gasteiger partial charge in [0, 0.05) is 12.7 Å². The molecule has 0 unspecified atom stereocenters. The molecule has 1 amide bonds. The quantitative estimate of drug-likeness (QED) is 0.721. The van der Waals surface area contributed by atoms with Crippen LogP contribution < -0.4 is 0 Å². The summed E-state index contributed by atoms with van der Waals surface area (Å²) >= 11 is 0. The Kier molecular flexibility index (Phi) is 6.47. The Morgan fingerprint density at radius 3 is 2.46 bits per heavy atom. The molecule has 0 saturated heterocycles. The van der Waals surface area contributed by atoms with Gasteiger partial charge in [-0.3, -0.25) is 9.08 Å². The van der Waals surface area contributed by atoms with Crippen LogP contribution in [0.3, 0.4) is 0 Å². The average molecular weight is 381 g/mol. The van der Waals surface area contributed by atoms with Gasteiger partial charge in [0.1, 0.15) is 5.60 Å². The van der Waals surface area contributed by atoms with E-state index >= 15 is 0 Å². The first-order valence-electron chi connectivity index (χ1n) is 8.72. The van der Waals surface area contributed by atoms with Gasteiger partial charge in [-0.25, -0.2) is 4.79 Å². The summed E-state index contributed by atoms with van der Waals surface area (Å²) in [5.41, 5.74) is 1.41. The third kappa shape index (κ3) is 6.14. The third-order valence-corrected chi connectivity index (χ3v) is 5.16. The standard InChI is InChI=1S/C19H27NO5S/c1-15-7-9-17(10-8-15)26(22,23)24-13-11-16-6-5-12-20(14-16)18(21)25-19(2,3)4/h7-10,14H,5-6,11-13H2,1-4H3. The summed E-state index contributed by atoms with van der Waals surface area (Å²) in [5.74, 6) is 0. The van der Waals surface area contributed by atoms with Crippen molar-refractivity contribution in [3.63, 3.8) is 0 Å². The average Bonchev–Trinajstić information content (AvgIpc) is 2.54. The zero-order valence-corrected chi connectivity index (χ0v) is 16.6. The molecule has 1 aromatic rings. The summed E-state index contributed by atoms with van der Waals surface area (Å²) in [5, 5.41) is 0. The van der Waals surface area contributed by atoms with Crippen LogP contribution in [0.25, 0.3) is 0 Å². The molecule has 0 atom stereocenters. The number of nitrogens with zero attached hydrogens (tertiary/aromatic N) is 1. The van der Waals surface area contributed by atoms with Crippen LogP contribution >= 0.6 is 0 Å². The fourth-order valence-corrected chi connectivity index (χ4v) is 3.44. The lowest BCUT2D eigenvalue weighted by Crippen LogP contribution is -2.35. The highest BCUT2D eigenvalue weighted by molar-refractivity contribution is 7.86. The van der Waals surface area contributed by atoms with Crippen LogP contribution in [0, 0.1) is 6.92 Å². The van der Waals surface area contributed by atoms with E-state index in [1.165, 1.54) is 12.1 Å². The largest absolute Gasteiger partial charge is 0.443 e. The lowest BCUT2D eigenvalue weighted by molar-refractivity contribution is 0.0323. The van der Waals surface area contributed by atoms with Gasteiger partial charge in [-0.05, 0) is 59.1 Å². The maximum Gasteiger partial charge on any atom is 0.414 e. The van der Waals surface area contributed by atoms with E-state index in [9.17, 15) is 13.2 Å². The fourth-order valence-electron chi connectivity index (χ4n) is 2.54. The summed E-state index contributed by atoms with van der Waals surface area (Å²) in [7, 11) is -3.76. The van der Waals surface area contributed by atoms with E-state index in [1.54, 1.807) is 23.2 Å². The Balaban J connectivity index is 1.92. The molecule has 1 aromatic carbocycles. The molecule has 1 heterocycles. The van der Waals surface area contributed by atoms with E-state index < -0.39 is 15.7 Å². The Bertz CT molecular complexity index is 760. The van der Waals surface area contributed by atoms with Crippen molar-refractivity contribution < 1.29 is 22.1 Å². The van der Waals surface area contributed by atoms with Crippen molar-refractivity contribution in [1.82, 2.24) is 4.90 Å². The number of ether oxygens (including phenoxy) is 1. The lowest BCUT2D eigenvalue weighted by atomic mass is 10.1. The maximum atomic E-state index is 12.2. The molecule has 0 saturated carbocycles. The van der Waals surface area contributed by atoms with Crippen molar-refractivity contribution in [2.24, 2.45) is 0 Å². The van der Waals surface area contributed by atoms with Crippen molar-refractivity contribution in [3.05, 3.63) is 41.6 Å². The monoisotopic (exact) mass is 381 g/mol. The highest BCUT2D eigenvalue weighted by atomic mass is 32.2. The third-order valence-electron chi connectivity index (χ3n) is 3.83. The normalized spacial score (nSPS) is 15.5. The maximum absolute atomic E-state index is 12.2. The molecule has 0 aromatic heterocycles. The molecule has 0 bridgehead atoms. The van der Waals surface area contributed by atoms with E-state index in [4.69, 9.17) is 8.92 Å². The van der Waals surface area contributed by atoms with E-state index in [0.29, 0.717) is 13.0 Å². The van der Waals surface area contributed by atoms with Crippen LogP contribution in [0.2, 0.25) is 0 Å². The van der Waals surface area contributed by atoms with Gasteiger partial charge in [0.05, 0.1) is 11.5 Å². The molecule has 0 fully saturated rings. The summed E-state index contributed by atoms with van der Waals surface area (Å²) < 4.78 is 34.9. The molecular weight excluding hydrogens is 354 g/mol. The Morgan fingerprint density at radius 1 is 1.19 bits per heavy atom. The van der Waals surface area contributed by atoms with Crippen LogP contribution in [0.1, 0.15) is 45.6 Å². The Labute approximate surface area is 155 Å².